The summed E-state index contributed by atoms with van der Waals surface area (Å²) >= 11 is 2.32. The maximum Gasteiger partial charge on any atom is 0.302 e. The van der Waals surface area contributed by atoms with Crippen LogP contribution in [0.3, 0.4) is 0 Å². The van der Waals surface area contributed by atoms with E-state index in [9.17, 15) is 24.3 Å². The fourth-order valence-electron chi connectivity index (χ4n) is 2.87. The summed E-state index contributed by atoms with van der Waals surface area (Å²) in [4.78, 5) is 57.5. The average Bonchev–Trinajstić information content (AvgIpc) is 3.13. The number of esters is 1. The molecule has 3 rings (SSSR count). The monoisotopic (exact) mass is 454 g/mol. The zero-order valence-corrected chi connectivity index (χ0v) is 17.4. The number of anilines is 1. The molecule has 2 aliphatic heterocycles. The predicted molar refractivity (Wildman–Crippen MR) is 104 cm³/mol. The minimum absolute atomic E-state index is 0.177. The number of rotatable bonds is 7. The number of fused-ring (bicyclic) bond motifs is 1. The maximum absolute atomic E-state index is 12.6. The Bertz CT molecular complexity index is 973. The molecule has 160 valence electrons. The fraction of sp³-hybridized carbons (Fsp3) is 0.375. The number of carbonyl (C=O) groups excluding carboxylic acids is 4. The molecule has 30 heavy (non-hydrogen) atoms. The number of thioether (sulfide) groups is 1. The summed E-state index contributed by atoms with van der Waals surface area (Å²) in [5, 5.41) is 18.8. The number of carboxylic acids is 1. The van der Waals surface area contributed by atoms with E-state index in [0.717, 1.165) is 16.2 Å². The van der Waals surface area contributed by atoms with Crippen molar-refractivity contribution in [1.82, 2.24) is 15.2 Å². The fourth-order valence-corrected chi connectivity index (χ4v) is 4.75. The van der Waals surface area contributed by atoms with Crippen molar-refractivity contribution in [1.29, 1.82) is 0 Å². The number of nitrogen functional groups attached to an aromatic ring is 1. The zero-order valence-electron chi connectivity index (χ0n) is 15.7. The molecule has 3 N–H and O–H groups in total. The highest BCUT2D eigenvalue weighted by Gasteiger charge is 2.53. The van der Waals surface area contributed by atoms with Crippen molar-refractivity contribution in [2.75, 3.05) is 25.2 Å². The quantitative estimate of drug-likeness (QED) is 0.204. The van der Waals surface area contributed by atoms with E-state index in [0.29, 0.717) is 0 Å². The number of hydrogen-bond acceptors (Lipinski definition) is 12. The van der Waals surface area contributed by atoms with Crippen molar-refractivity contribution in [2.24, 2.45) is 5.16 Å². The van der Waals surface area contributed by atoms with Crippen molar-refractivity contribution in [3.8, 4) is 0 Å². The molecule has 2 amide bonds. The Morgan fingerprint density at radius 2 is 2.20 bits per heavy atom. The number of nitrogens with two attached hydrogens (primary N) is 1. The Kier molecular flexibility index (Phi) is 6.26. The highest BCUT2D eigenvalue weighted by Crippen LogP contribution is 2.40. The minimum Gasteiger partial charge on any atom is -0.543 e. The molecule has 0 spiro atoms. The lowest BCUT2D eigenvalue weighted by molar-refractivity contribution is -0.301. The van der Waals surface area contributed by atoms with Crippen molar-refractivity contribution in [2.45, 2.75) is 18.3 Å². The van der Waals surface area contributed by atoms with E-state index in [1.807, 2.05) is 0 Å². The number of amides is 2. The molecule has 0 unspecified atom stereocenters. The number of carboxylic acid groups (broad SMARTS) is 1. The van der Waals surface area contributed by atoms with Gasteiger partial charge < -0.3 is 30.5 Å². The second kappa shape index (κ2) is 8.71. The number of thiazole rings is 1. The molecular formula is C16H16N5O7S2-. The lowest BCUT2D eigenvalue weighted by Gasteiger charge is -2.50. The van der Waals surface area contributed by atoms with Crippen LogP contribution in [0.1, 0.15) is 12.6 Å². The number of β-lactam (4-membered cyclic amide) rings is 1. The van der Waals surface area contributed by atoms with Gasteiger partial charge >= 0.3 is 5.97 Å². The average molecular weight is 454 g/mol. The third-order valence-corrected chi connectivity index (χ3v) is 6.15. The largest absolute Gasteiger partial charge is 0.543 e. The zero-order chi connectivity index (χ0) is 22.0. The van der Waals surface area contributed by atoms with Crippen LogP contribution in [-0.2, 0) is 28.8 Å². The Morgan fingerprint density at radius 3 is 2.77 bits per heavy atom. The standard InChI is InChI=1S/C16H17N5O7S2/c1-6(22)28-3-7-4-29-14-10(13(24)21(14)11(7)15(25)26)19-12(23)9(20-27-2)8-5-30-16(17)18-8/h5,10,14H,3-4H2,1-2H3,(H2,17,18)(H,19,23)(H,25,26)/p-1/b20-9+/t10-,14-/m1/s1. The molecule has 2 aliphatic rings. The topological polar surface area (TPSA) is 176 Å². The Morgan fingerprint density at radius 1 is 1.47 bits per heavy atom. The molecule has 1 fully saturated rings. The van der Waals surface area contributed by atoms with E-state index in [-0.39, 0.29) is 40.2 Å². The first kappa shape index (κ1) is 21.6. The molecule has 0 aliphatic carbocycles. The summed E-state index contributed by atoms with van der Waals surface area (Å²) < 4.78 is 4.85. The summed E-state index contributed by atoms with van der Waals surface area (Å²) in [7, 11) is 1.25. The number of oxime groups is 1. The Balaban J connectivity index is 1.77. The van der Waals surface area contributed by atoms with Gasteiger partial charge in [-0.1, -0.05) is 5.16 Å². The van der Waals surface area contributed by atoms with Crippen LogP contribution in [0, 0.1) is 0 Å². The molecule has 14 heteroatoms. The first-order chi connectivity index (χ1) is 14.2. The lowest BCUT2D eigenvalue weighted by Crippen LogP contribution is -2.71. The van der Waals surface area contributed by atoms with Crippen LogP contribution >= 0.6 is 23.1 Å². The van der Waals surface area contributed by atoms with Gasteiger partial charge in [0.25, 0.3) is 11.8 Å². The number of aromatic nitrogens is 1. The molecule has 0 aromatic carbocycles. The van der Waals surface area contributed by atoms with Crippen molar-refractivity contribution < 1.29 is 33.9 Å². The van der Waals surface area contributed by atoms with Crippen molar-refractivity contribution in [3.05, 3.63) is 22.3 Å². The summed E-state index contributed by atoms with van der Waals surface area (Å²) in [6.45, 7) is 0.919. The summed E-state index contributed by atoms with van der Waals surface area (Å²) in [6.07, 6.45) is 0. The number of nitrogens with zero attached hydrogens (tertiary/aromatic N) is 3. The third-order valence-electron chi connectivity index (χ3n) is 4.14. The maximum atomic E-state index is 12.6. The molecular weight excluding hydrogens is 438 g/mol. The van der Waals surface area contributed by atoms with Crippen LogP contribution < -0.4 is 16.2 Å². The molecule has 1 aromatic rings. The van der Waals surface area contributed by atoms with Gasteiger partial charge in [0, 0.05) is 23.6 Å². The first-order valence-electron chi connectivity index (χ1n) is 8.39. The van der Waals surface area contributed by atoms with Crippen LogP contribution in [-0.4, -0.2) is 70.2 Å². The number of nitrogens with one attached hydrogen (secondary N) is 1. The van der Waals surface area contributed by atoms with Gasteiger partial charge in [-0.05, 0) is 0 Å². The number of aliphatic carboxylic acids is 1. The molecule has 1 aromatic heterocycles. The predicted octanol–water partition coefficient (Wildman–Crippen LogP) is -1.96. The second-order valence-corrected chi connectivity index (χ2v) is 8.07. The summed E-state index contributed by atoms with van der Waals surface area (Å²) in [5.41, 5.74) is 5.46. The van der Waals surface area contributed by atoms with E-state index in [1.165, 1.54) is 31.2 Å². The number of hydrogen-bond donors (Lipinski definition) is 2. The third kappa shape index (κ3) is 4.09. The van der Waals surface area contributed by atoms with Gasteiger partial charge in [0.15, 0.2) is 10.8 Å². The molecule has 0 bridgehead atoms. The van der Waals surface area contributed by atoms with Crippen molar-refractivity contribution in [3.63, 3.8) is 0 Å². The smallest absolute Gasteiger partial charge is 0.302 e. The lowest BCUT2D eigenvalue weighted by atomic mass is 10.0. The van der Waals surface area contributed by atoms with Crippen LogP contribution in [0.15, 0.2) is 21.8 Å². The molecule has 2 atom stereocenters. The first-order valence-corrected chi connectivity index (χ1v) is 10.3. The Labute approximate surface area is 178 Å². The van der Waals surface area contributed by atoms with Crippen LogP contribution in [0.25, 0.3) is 0 Å². The second-order valence-electron chi connectivity index (χ2n) is 6.07. The van der Waals surface area contributed by atoms with E-state index < -0.39 is 35.2 Å². The van der Waals surface area contributed by atoms with E-state index in [2.05, 4.69) is 20.3 Å². The highest BCUT2D eigenvalue weighted by molar-refractivity contribution is 8.00. The van der Waals surface area contributed by atoms with Gasteiger partial charge in [-0.3, -0.25) is 19.3 Å². The minimum atomic E-state index is -1.57. The highest BCUT2D eigenvalue weighted by atomic mass is 32.2. The molecule has 0 radical (unpaired) electrons. The SMILES string of the molecule is CO/N=C(/C(=O)N[C@@H]1C(=O)N2C(C(=O)[O-])=C(COC(C)=O)CS[C@H]12)c1csc(N)n1. The van der Waals surface area contributed by atoms with Crippen LogP contribution in [0.2, 0.25) is 0 Å². The molecule has 12 nitrogen and oxygen atoms in total. The molecule has 0 saturated carbocycles. The van der Waals surface area contributed by atoms with E-state index in [4.69, 9.17) is 10.5 Å². The van der Waals surface area contributed by atoms with Gasteiger partial charge in [0.05, 0.1) is 11.7 Å². The molecule has 1 saturated heterocycles. The molecule has 3 heterocycles. The van der Waals surface area contributed by atoms with Gasteiger partial charge in [0.2, 0.25) is 0 Å². The van der Waals surface area contributed by atoms with E-state index in [1.54, 1.807) is 0 Å². The normalized spacial score (nSPS) is 20.9. The van der Waals surface area contributed by atoms with Gasteiger partial charge in [-0.2, -0.15) is 0 Å². The summed E-state index contributed by atoms with van der Waals surface area (Å²) in [5.74, 6) is -3.35. The van der Waals surface area contributed by atoms with Gasteiger partial charge in [-0.25, -0.2) is 4.98 Å². The number of carbonyl (C=O) groups is 4. The van der Waals surface area contributed by atoms with Crippen molar-refractivity contribution >= 4 is 57.7 Å². The Hall–Kier alpha value is -3.13. The van der Waals surface area contributed by atoms with Gasteiger partial charge in [0.1, 0.15) is 30.8 Å². The van der Waals surface area contributed by atoms with Gasteiger partial charge in [-0.15, -0.1) is 23.1 Å². The van der Waals surface area contributed by atoms with E-state index >= 15 is 0 Å². The van der Waals surface area contributed by atoms with Crippen LogP contribution in [0.4, 0.5) is 5.13 Å². The summed E-state index contributed by atoms with van der Waals surface area (Å²) in [6, 6.07) is -0.995. The van der Waals surface area contributed by atoms with Crippen LogP contribution in [0.5, 0.6) is 0 Å². The number of ether oxygens (including phenoxy) is 1.